The molecule has 0 aliphatic heterocycles. The quantitative estimate of drug-likeness (QED) is 0.237. The van der Waals surface area contributed by atoms with Crippen molar-refractivity contribution in [1.82, 2.24) is 0 Å². The van der Waals surface area contributed by atoms with Crippen LogP contribution in [0.2, 0.25) is 0 Å². The van der Waals surface area contributed by atoms with Crippen molar-refractivity contribution in [3.63, 3.8) is 0 Å². The number of ether oxygens (including phenoxy) is 2. The summed E-state index contributed by atoms with van der Waals surface area (Å²) in [5.41, 5.74) is 14.8. The van der Waals surface area contributed by atoms with Crippen molar-refractivity contribution in [3.8, 4) is 0 Å². The Kier molecular flexibility index (Phi) is 9.71. The first-order valence-corrected chi connectivity index (χ1v) is 10.5. The van der Waals surface area contributed by atoms with Crippen LogP contribution in [-0.4, -0.2) is 25.2 Å². The molecule has 0 atom stereocenters. The number of nitrogen functional groups attached to an aromatic ring is 2. The number of carbonyl (C=O) groups excluding carboxylic acids is 2. The first-order valence-electron chi connectivity index (χ1n) is 10.5. The topological polar surface area (TPSA) is 105 Å². The second-order valence-corrected chi connectivity index (χ2v) is 7.37. The number of unbranched alkanes of at least 4 members (excludes halogenated alkanes) is 2. The van der Waals surface area contributed by atoms with Gasteiger partial charge >= 0.3 is 11.9 Å². The second kappa shape index (κ2) is 12.5. The van der Waals surface area contributed by atoms with Gasteiger partial charge in [0.25, 0.3) is 0 Å². The summed E-state index contributed by atoms with van der Waals surface area (Å²) in [6.07, 6.45) is 4.31. The van der Waals surface area contributed by atoms with Crippen LogP contribution in [0.5, 0.6) is 0 Å². The van der Waals surface area contributed by atoms with E-state index in [-0.39, 0.29) is 13.2 Å². The standard InChI is InChI=1S/C24H32N2O4/c1-2-3-4-5-22(23(27)29-16-14-18-6-10-20(25)11-7-18)24(28)30-17-15-19-8-12-21(26)13-9-19/h6-13,22H,2-5,14-17,25-26H2,1H3. The predicted molar refractivity (Wildman–Crippen MR) is 119 cm³/mol. The lowest BCUT2D eigenvalue weighted by Gasteiger charge is -2.15. The molecule has 4 N–H and O–H groups in total. The number of hydrogen-bond acceptors (Lipinski definition) is 6. The first-order chi connectivity index (χ1) is 14.5. The second-order valence-electron chi connectivity index (χ2n) is 7.37. The number of rotatable bonds is 12. The zero-order valence-corrected chi connectivity index (χ0v) is 17.6. The Balaban J connectivity index is 1.83. The molecule has 0 aliphatic carbocycles. The largest absolute Gasteiger partial charge is 0.465 e. The van der Waals surface area contributed by atoms with Gasteiger partial charge in [0.2, 0.25) is 0 Å². The number of carbonyl (C=O) groups is 2. The Hall–Kier alpha value is -3.02. The molecule has 0 unspecified atom stereocenters. The Labute approximate surface area is 178 Å². The van der Waals surface area contributed by atoms with Crippen molar-refractivity contribution >= 4 is 23.3 Å². The van der Waals surface area contributed by atoms with Crippen molar-refractivity contribution in [3.05, 3.63) is 59.7 Å². The molecule has 2 aromatic carbocycles. The summed E-state index contributed by atoms with van der Waals surface area (Å²) >= 11 is 0. The Bertz CT molecular complexity index is 724. The van der Waals surface area contributed by atoms with Crippen LogP contribution in [0.4, 0.5) is 11.4 Å². The van der Waals surface area contributed by atoms with E-state index in [0.29, 0.717) is 30.6 Å². The molecular weight excluding hydrogens is 380 g/mol. The number of anilines is 2. The van der Waals surface area contributed by atoms with Gasteiger partial charge in [0.15, 0.2) is 5.92 Å². The van der Waals surface area contributed by atoms with Crippen molar-refractivity contribution in [1.29, 1.82) is 0 Å². The molecule has 0 radical (unpaired) electrons. The molecule has 162 valence electrons. The first kappa shape index (κ1) is 23.3. The number of benzene rings is 2. The van der Waals surface area contributed by atoms with Crippen molar-refractivity contribution < 1.29 is 19.1 Å². The van der Waals surface area contributed by atoms with Gasteiger partial charge in [0, 0.05) is 24.2 Å². The average Bonchev–Trinajstić information content (AvgIpc) is 2.74. The highest BCUT2D eigenvalue weighted by Crippen LogP contribution is 2.15. The highest BCUT2D eigenvalue weighted by atomic mass is 16.6. The molecule has 0 saturated heterocycles. The van der Waals surface area contributed by atoms with Crippen LogP contribution in [0.1, 0.15) is 43.7 Å². The number of esters is 2. The SMILES string of the molecule is CCCCCC(C(=O)OCCc1ccc(N)cc1)C(=O)OCCc1ccc(N)cc1. The van der Waals surface area contributed by atoms with Crippen molar-refractivity contribution in [2.75, 3.05) is 24.7 Å². The monoisotopic (exact) mass is 412 g/mol. The smallest absolute Gasteiger partial charge is 0.320 e. The molecule has 6 heteroatoms. The minimum absolute atomic E-state index is 0.214. The van der Waals surface area contributed by atoms with Crippen LogP contribution in [-0.2, 0) is 31.9 Å². The molecule has 0 spiro atoms. The van der Waals surface area contributed by atoms with Gasteiger partial charge in [-0.05, 0) is 41.8 Å². The molecule has 0 saturated carbocycles. The average molecular weight is 413 g/mol. The van der Waals surface area contributed by atoms with E-state index in [1.54, 1.807) is 0 Å². The predicted octanol–water partition coefficient (Wildman–Crippen LogP) is 3.92. The van der Waals surface area contributed by atoms with Crippen molar-refractivity contribution in [2.24, 2.45) is 5.92 Å². The molecule has 0 bridgehead atoms. The van der Waals surface area contributed by atoms with Gasteiger partial charge < -0.3 is 20.9 Å². The van der Waals surface area contributed by atoms with Gasteiger partial charge in [-0.1, -0.05) is 50.5 Å². The summed E-state index contributed by atoms with van der Waals surface area (Å²) < 4.78 is 10.8. The third-order valence-electron chi connectivity index (χ3n) is 4.89. The minimum Gasteiger partial charge on any atom is -0.465 e. The molecular formula is C24H32N2O4. The van der Waals surface area contributed by atoms with Gasteiger partial charge in [-0.25, -0.2) is 0 Å². The van der Waals surface area contributed by atoms with E-state index in [0.717, 1.165) is 30.4 Å². The Morgan fingerprint density at radius 3 is 1.60 bits per heavy atom. The lowest BCUT2D eigenvalue weighted by Crippen LogP contribution is -2.29. The number of hydrogen-bond donors (Lipinski definition) is 2. The molecule has 2 rings (SSSR count). The summed E-state index contributed by atoms with van der Waals surface area (Å²) in [7, 11) is 0. The lowest BCUT2D eigenvalue weighted by atomic mass is 10.0. The third kappa shape index (κ3) is 8.15. The van der Waals surface area contributed by atoms with E-state index in [9.17, 15) is 9.59 Å². The van der Waals surface area contributed by atoms with Crippen LogP contribution in [0.25, 0.3) is 0 Å². The number of nitrogens with two attached hydrogens (primary N) is 2. The van der Waals surface area contributed by atoms with Gasteiger partial charge in [0.05, 0.1) is 13.2 Å². The van der Waals surface area contributed by atoms with E-state index in [2.05, 4.69) is 6.92 Å². The fourth-order valence-electron chi connectivity index (χ4n) is 3.04. The normalized spacial score (nSPS) is 10.7. The van der Waals surface area contributed by atoms with Gasteiger partial charge in [-0.15, -0.1) is 0 Å². The molecule has 0 heterocycles. The molecule has 2 aromatic rings. The molecule has 30 heavy (non-hydrogen) atoms. The highest BCUT2D eigenvalue weighted by Gasteiger charge is 2.29. The minimum atomic E-state index is -0.880. The molecule has 0 fully saturated rings. The van der Waals surface area contributed by atoms with E-state index in [1.165, 1.54) is 0 Å². The van der Waals surface area contributed by atoms with Gasteiger partial charge in [-0.3, -0.25) is 9.59 Å². The molecule has 0 amide bonds. The summed E-state index contributed by atoms with van der Waals surface area (Å²) in [5.74, 6) is -1.91. The summed E-state index contributed by atoms with van der Waals surface area (Å²) in [6, 6.07) is 14.8. The summed E-state index contributed by atoms with van der Waals surface area (Å²) in [5, 5.41) is 0. The van der Waals surface area contributed by atoms with Crippen LogP contribution in [0.15, 0.2) is 48.5 Å². The highest BCUT2D eigenvalue weighted by molar-refractivity contribution is 5.94. The molecule has 0 aromatic heterocycles. The zero-order valence-electron chi connectivity index (χ0n) is 17.6. The van der Waals surface area contributed by atoms with E-state index in [1.807, 2.05) is 48.5 Å². The van der Waals surface area contributed by atoms with Crippen molar-refractivity contribution in [2.45, 2.75) is 45.4 Å². The zero-order chi connectivity index (χ0) is 21.8. The maximum atomic E-state index is 12.5. The molecule has 0 aliphatic rings. The third-order valence-corrected chi connectivity index (χ3v) is 4.89. The van der Waals surface area contributed by atoms with Crippen LogP contribution in [0, 0.1) is 5.92 Å². The maximum absolute atomic E-state index is 12.5. The van der Waals surface area contributed by atoms with Gasteiger partial charge in [-0.2, -0.15) is 0 Å². The summed E-state index contributed by atoms with van der Waals surface area (Å²) in [4.78, 5) is 25.1. The molecule has 6 nitrogen and oxygen atoms in total. The van der Waals surface area contributed by atoms with E-state index >= 15 is 0 Å². The fourth-order valence-corrected chi connectivity index (χ4v) is 3.04. The van der Waals surface area contributed by atoms with Crippen LogP contribution < -0.4 is 11.5 Å². The fraction of sp³-hybridized carbons (Fsp3) is 0.417. The maximum Gasteiger partial charge on any atom is 0.320 e. The van der Waals surface area contributed by atoms with Gasteiger partial charge in [0.1, 0.15) is 0 Å². The van der Waals surface area contributed by atoms with Crippen LogP contribution >= 0.6 is 0 Å². The Morgan fingerprint density at radius 1 is 0.767 bits per heavy atom. The van der Waals surface area contributed by atoms with E-state index < -0.39 is 17.9 Å². The van der Waals surface area contributed by atoms with Crippen LogP contribution in [0.3, 0.4) is 0 Å². The summed E-state index contributed by atoms with van der Waals surface area (Å²) in [6.45, 7) is 2.50. The Morgan fingerprint density at radius 2 is 1.20 bits per heavy atom. The van der Waals surface area contributed by atoms with E-state index in [4.69, 9.17) is 20.9 Å². The lowest BCUT2D eigenvalue weighted by molar-refractivity contribution is -0.162.